The summed E-state index contributed by atoms with van der Waals surface area (Å²) in [6, 6.07) is 7.23. The summed E-state index contributed by atoms with van der Waals surface area (Å²) in [4.78, 5) is 15.5. The highest BCUT2D eigenvalue weighted by atomic mass is 16.5. The number of carbonyl (C=O) groups is 1. The van der Waals surface area contributed by atoms with Crippen molar-refractivity contribution in [1.82, 2.24) is 0 Å². The topological polar surface area (TPSA) is 47.9 Å². The van der Waals surface area contributed by atoms with Crippen molar-refractivity contribution in [1.29, 1.82) is 0 Å². The van der Waals surface area contributed by atoms with Gasteiger partial charge in [0.15, 0.2) is 0 Å². The van der Waals surface area contributed by atoms with E-state index in [4.69, 9.17) is 4.74 Å². The fraction of sp³-hybridized carbons (Fsp3) is 0.333. The van der Waals surface area contributed by atoms with Crippen LogP contribution >= 0.6 is 0 Å². The summed E-state index contributed by atoms with van der Waals surface area (Å²) < 4.78 is 10.0. The number of hydrogen-bond donors (Lipinski definition) is 0. The second-order valence-corrected chi connectivity index (χ2v) is 3.66. The maximum atomic E-state index is 11.2. The van der Waals surface area contributed by atoms with Gasteiger partial charge in [0.2, 0.25) is 5.90 Å². The molecule has 16 heavy (non-hydrogen) atoms. The quantitative estimate of drug-likeness (QED) is 0.710. The molecule has 0 fully saturated rings. The monoisotopic (exact) mass is 219 g/mol. The van der Waals surface area contributed by atoms with Gasteiger partial charge in [0.1, 0.15) is 6.61 Å². The smallest absolute Gasteiger partial charge is 0.337 e. The second kappa shape index (κ2) is 4.35. The molecule has 0 amide bonds. The molecule has 0 saturated carbocycles. The number of benzene rings is 1. The Morgan fingerprint density at radius 3 is 2.62 bits per heavy atom. The number of nitrogens with zero attached hydrogens (tertiary/aromatic N) is 1. The van der Waals surface area contributed by atoms with Gasteiger partial charge < -0.3 is 9.47 Å². The minimum Gasteiger partial charge on any atom is -0.475 e. The Bertz CT molecular complexity index is 422. The third-order valence-corrected chi connectivity index (χ3v) is 2.35. The van der Waals surface area contributed by atoms with E-state index in [9.17, 15) is 4.79 Å². The predicted molar refractivity (Wildman–Crippen MR) is 59.7 cm³/mol. The summed E-state index contributed by atoms with van der Waals surface area (Å²) in [5.74, 6) is 0.304. The third kappa shape index (κ3) is 2.05. The molecule has 4 heteroatoms. The Kier molecular flexibility index (Phi) is 2.90. The van der Waals surface area contributed by atoms with Crippen LogP contribution in [-0.4, -0.2) is 31.6 Å². The summed E-state index contributed by atoms with van der Waals surface area (Å²) in [5.41, 5.74) is 1.41. The Balaban J connectivity index is 2.20. The molecule has 0 radical (unpaired) electrons. The van der Waals surface area contributed by atoms with E-state index in [1.807, 2.05) is 19.1 Å². The zero-order valence-electron chi connectivity index (χ0n) is 9.27. The van der Waals surface area contributed by atoms with Crippen LogP contribution in [0, 0.1) is 0 Å². The summed E-state index contributed by atoms with van der Waals surface area (Å²) in [6.07, 6.45) is 0. The molecule has 4 nitrogen and oxygen atoms in total. The molecule has 1 aromatic rings. The van der Waals surface area contributed by atoms with Crippen LogP contribution in [0.5, 0.6) is 0 Å². The first kappa shape index (κ1) is 10.7. The lowest BCUT2D eigenvalue weighted by molar-refractivity contribution is 0.0600. The van der Waals surface area contributed by atoms with E-state index in [2.05, 4.69) is 9.73 Å². The molecule has 0 N–H and O–H groups in total. The van der Waals surface area contributed by atoms with Crippen LogP contribution in [0.3, 0.4) is 0 Å². The van der Waals surface area contributed by atoms with Crippen molar-refractivity contribution in [2.24, 2.45) is 4.99 Å². The summed E-state index contributed by atoms with van der Waals surface area (Å²) in [6.45, 7) is 2.61. The highest BCUT2D eigenvalue weighted by Crippen LogP contribution is 2.13. The summed E-state index contributed by atoms with van der Waals surface area (Å²) in [7, 11) is 1.36. The van der Waals surface area contributed by atoms with Crippen molar-refractivity contribution >= 4 is 11.9 Å². The lowest BCUT2D eigenvalue weighted by atomic mass is 10.1. The maximum Gasteiger partial charge on any atom is 0.337 e. The molecule has 0 unspecified atom stereocenters. The third-order valence-electron chi connectivity index (χ3n) is 2.35. The predicted octanol–water partition coefficient (Wildman–Crippen LogP) is 1.64. The SMILES string of the molecule is COC(=O)c1ccc(C2=N[C@@H](C)CO2)cc1. The van der Waals surface area contributed by atoms with E-state index < -0.39 is 0 Å². The van der Waals surface area contributed by atoms with Crippen LogP contribution < -0.4 is 0 Å². The highest BCUT2D eigenvalue weighted by Gasteiger charge is 2.16. The van der Waals surface area contributed by atoms with Gasteiger partial charge >= 0.3 is 5.97 Å². The van der Waals surface area contributed by atoms with Gasteiger partial charge in [-0.05, 0) is 31.2 Å². The van der Waals surface area contributed by atoms with E-state index in [0.717, 1.165) is 5.56 Å². The molecule has 1 aromatic carbocycles. The van der Waals surface area contributed by atoms with Crippen LogP contribution in [0.2, 0.25) is 0 Å². The van der Waals surface area contributed by atoms with E-state index >= 15 is 0 Å². The second-order valence-electron chi connectivity index (χ2n) is 3.66. The van der Waals surface area contributed by atoms with Crippen LogP contribution in [0.25, 0.3) is 0 Å². The summed E-state index contributed by atoms with van der Waals surface area (Å²) >= 11 is 0. The number of methoxy groups -OCH3 is 1. The van der Waals surface area contributed by atoms with Crippen molar-refractivity contribution < 1.29 is 14.3 Å². The fourth-order valence-corrected chi connectivity index (χ4v) is 1.50. The lowest BCUT2D eigenvalue weighted by Gasteiger charge is -2.02. The van der Waals surface area contributed by atoms with Gasteiger partial charge in [0.25, 0.3) is 0 Å². The van der Waals surface area contributed by atoms with Crippen molar-refractivity contribution in [3.05, 3.63) is 35.4 Å². The van der Waals surface area contributed by atoms with Gasteiger partial charge in [-0.1, -0.05) is 0 Å². The number of carbonyl (C=O) groups excluding carboxylic acids is 1. The molecule has 0 saturated heterocycles. The van der Waals surface area contributed by atoms with Gasteiger partial charge in [0, 0.05) is 5.56 Å². The van der Waals surface area contributed by atoms with Crippen LogP contribution in [0.4, 0.5) is 0 Å². The average Bonchev–Trinajstić information content (AvgIpc) is 2.75. The molecule has 1 aliphatic heterocycles. The number of hydrogen-bond acceptors (Lipinski definition) is 4. The Morgan fingerprint density at radius 1 is 1.44 bits per heavy atom. The fourth-order valence-electron chi connectivity index (χ4n) is 1.50. The molecule has 0 aromatic heterocycles. The average molecular weight is 219 g/mol. The van der Waals surface area contributed by atoms with Crippen molar-refractivity contribution in [2.45, 2.75) is 13.0 Å². The molecule has 0 aliphatic carbocycles. The first-order valence-corrected chi connectivity index (χ1v) is 5.10. The lowest BCUT2D eigenvalue weighted by Crippen LogP contribution is -2.04. The maximum absolute atomic E-state index is 11.2. The minimum atomic E-state index is -0.339. The first-order chi connectivity index (χ1) is 7.70. The largest absolute Gasteiger partial charge is 0.475 e. The van der Waals surface area contributed by atoms with E-state index in [1.165, 1.54) is 7.11 Å². The van der Waals surface area contributed by atoms with Crippen molar-refractivity contribution in [3.63, 3.8) is 0 Å². The standard InChI is InChI=1S/C12H13NO3/c1-8-7-16-11(13-8)9-3-5-10(6-4-9)12(14)15-2/h3-6,8H,7H2,1-2H3/t8-/m0/s1. The van der Waals surface area contributed by atoms with Crippen molar-refractivity contribution in [2.75, 3.05) is 13.7 Å². The van der Waals surface area contributed by atoms with Gasteiger partial charge in [-0.2, -0.15) is 0 Å². The normalized spacial score (nSPS) is 18.9. The molecular weight excluding hydrogens is 206 g/mol. The molecule has 84 valence electrons. The zero-order valence-corrected chi connectivity index (χ0v) is 9.27. The van der Waals surface area contributed by atoms with Crippen LogP contribution in [0.1, 0.15) is 22.8 Å². The number of ether oxygens (including phenoxy) is 2. The van der Waals surface area contributed by atoms with Gasteiger partial charge in [0.05, 0.1) is 18.7 Å². The number of aliphatic imine (C=N–C) groups is 1. The Morgan fingerprint density at radius 2 is 2.12 bits per heavy atom. The molecule has 1 aliphatic rings. The molecule has 1 heterocycles. The van der Waals surface area contributed by atoms with Crippen molar-refractivity contribution in [3.8, 4) is 0 Å². The molecular formula is C12H13NO3. The van der Waals surface area contributed by atoms with Crippen LogP contribution in [0.15, 0.2) is 29.3 Å². The first-order valence-electron chi connectivity index (χ1n) is 5.10. The zero-order chi connectivity index (χ0) is 11.5. The molecule has 0 bridgehead atoms. The molecule has 2 rings (SSSR count). The van der Waals surface area contributed by atoms with Gasteiger partial charge in [-0.25, -0.2) is 9.79 Å². The summed E-state index contributed by atoms with van der Waals surface area (Å²) in [5, 5.41) is 0. The van der Waals surface area contributed by atoms with E-state index in [1.54, 1.807) is 12.1 Å². The minimum absolute atomic E-state index is 0.204. The number of esters is 1. The van der Waals surface area contributed by atoms with Gasteiger partial charge in [-0.3, -0.25) is 0 Å². The Labute approximate surface area is 93.9 Å². The van der Waals surface area contributed by atoms with E-state index in [-0.39, 0.29) is 12.0 Å². The Hall–Kier alpha value is -1.84. The van der Waals surface area contributed by atoms with Crippen LogP contribution in [-0.2, 0) is 9.47 Å². The molecule has 0 spiro atoms. The highest BCUT2D eigenvalue weighted by molar-refractivity contribution is 5.96. The molecule has 1 atom stereocenters. The van der Waals surface area contributed by atoms with E-state index in [0.29, 0.717) is 18.1 Å². The number of rotatable bonds is 2. The van der Waals surface area contributed by atoms with Gasteiger partial charge in [-0.15, -0.1) is 0 Å².